The summed E-state index contributed by atoms with van der Waals surface area (Å²) in [6, 6.07) is 0. The first-order valence-electron chi connectivity index (χ1n) is 5.80. The van der Waals surface area contributed by atoms with Gasteiger partial charge in [0.25, 0.3) is 0 Å². The van der Waals surface area contributed by atoms with Crippen molar-refractivity contribution in [3.05, 3.63) is 0 Å². The molecule has 6 nitrogen and oxygen atoms in total. The number of carboxylic acid groups (broad SMARTS) is 1. The van der Waals surface area contributed by atoms with Crippen molar-refractivity contribution < 1.29 is 18.3 Å². The van der Waals surface area contributed by atoms with Gasteiger partial charge in [-0.2, -0.15) is 4.31 Å². The lowest BCUT2D eigenvalue weighted by molar-refractivity contribution is -0.138. The van der Waals surface area contributed by atoms with Crippen LogP contribution in [0.1, 0.15) is 13.3 Å². The molecule has 0 bridgehead atoms. The van der Waals surface area contributed by atoms with Gasteiger partial charge in [-0.1, -0.05) is 6.92 Å². The summed E-state index contributed by atoms with van der Waals surface area (Å²) in [5, 5.41) is 8.64. The Kier molecular flexibility index (Phi) is 3.42. The zero-order valence-corrected chi connectivity index (χ0v) is 10.7. The molecule has 2 fully saturated rings. The highest BCUT2D eigenvalue weighted by molar-refractivity contribution is 7.89. The van der Waals surface area contributed by atoms with Crippen molar-refractivity contribution in [1.29, 1.82) is 0 Å². The number of carbonyl (C=O) groups is 1. The Labute approximate surface area is 101 Å². The molecule has 1 aliphatic carbocycles. The predicted molar refractivity (Wildman–Crippen MR) is 61.8 cm³/mol. The van der Waals surface area contributed by atoms with Crippen LogP contribution in [0, 0.1) is 11.8 Å². The quantitative estimate of drug-likeness (QED) is 0.748. The zero-order valence-electron chi connectivity index (χ0n) is 9.87. The second-order valence-electron chi connectivity index (χ2n) is 5.02. The molecule has 0 aromatic carbocycles. The Morgan fingerprint density at radius 2 is 2.06 bits per heavy atom. The maximum absolute atomic E-state index is 11.9. The predicted octanol–water partition coefficient (Wildman–Crippen LogP) is -0.368. The minimum atomic E-state index is -3.30. The molecule has 1 N–H and O–H groups in total. The van der Waals surface area contributed by atoms with Gasteiger partial charge in [0.2, 0.25) is 10.0 Å². The van der Waals surface area contributed by atoms with Gasteiger partial charge in [0.15, 0.2) is 0 Å². The highest BCUT2D eigenvalue weighted by Gasteiger charge is 2.39. The van der Waals surface area contributed by atoms with E-state index in [1.54, 1.807) is 0 Å². The molecule has 1 heterocycles. The Bertz CT molecular complexity index is 409. The summed E-state index contributed by atoms with van der Waals surface area (Å²) in [6.45, 7) is 3.45. The largest absolute Gasteiger partial charge is 0.480 e. The number of hydrogen-bond acceptors (Lipinski definition) is 4. The monoisotopic (exact) mass is 262 g/mol. The van der Waals surface area contributed by atoms with Crippen LogP contribution < -0.4 is 0 Å². The molecule has 2 rings (SSSR count). The van der Waals surface area contributed by atoms with Crippen LogP contribution >= 0.6 is 0 Å². The lowest BCUT2D eigenvalue weighted by atomic mass is 10.3. The van der Waals surface area contributed by atoms with Gasteiger partial charge in [-0.3, -0.25) is 9.69 Å². The number of aliphatic carboxylic acids is 1. The summed E-state index contributed by atoms with van der Waals surface area (Å²) in [7, 11) is -3.30. The fraction of sp³-hybridized carbons (Fsp3) is 0.900. The van der Waals surface area contributed by atoms with E-state index in [0.29, 0.717) is 31.5 Å². The van der Waals surface area contributed by atoms with E-state index in [9.17, 15) is 13.2 Å². The molecule has 17 heavy (non-hydrogen) atoms. The summed E-state index contributed by atoms with van der Waals surface area (Å²) < 4.78 is 25.4. The molecule has 2 unspecified atom stereocenters. The van der Waals surface area contributed by atoms with Crippen molar-refractivity contribution >= 4 is 16.0 Å². The van der Waals surface area contributed by atoms with Crippen molar-refractivity contribution in [2.24, 2.45) is 11.8 Å². The second kappa shape index (κ2) is 4.55. The SMILES string of the molecule is CC1CC1CN1CCN(CC(=O)O)CS1(=O)=O. The molecular weight excluding hydrogens is 244 g/mol. The number of hydrogen-bond donors (Lipinski definition) is 1. The minimum absolute atomic E-state index is 0.166. The van der Waals surface area contributed by atoms with Gasteiger partial charge in [0.1, 0.15) is 5.88 Å². The Morgan fingerprint density at radius 3 is 2.53 bits per heavy atom. The lowest BCUT2D eigenvalue weighted by Crippen LogP contribution is -2.51. The standard InChI is InChI=1S/C10H18N2O4S/c1-8-4-9(8)5-12-3-2-11(6-10(13)14)7-17(12,15)16/h8-9H,2-7H2,1H3,(H,13,14). The highest BCUT2D eigenvalue weighted by Crippen LogP contribution is 2.38. The maximum Gasteiger partial charge on any atom is 0.317 e. The Balaban J connectivity index is 1.92. The van der Waals surface area contributed by atoms with E-state index in [2.05, 4.69) is 6.92 Å². The lowest BCUT2D eigenvalue weighted by Gasteiger charge is -2.33. The fourth-order valence-corrected chi connectivity index (χ4v) is 3.83. The molecule has 0 spiro atoms. The number of carboxylic acids is 1. The van der Waals surface area contributed by atoms with Crippen molar-refractivity contribution in [1.82, 2.24) is 9.21 Å². The van der Waals surface area contributed by atoms with Crippen LogP contribution in [0.5, 0.6) is 0 Å². The van der Waals surface area contributed by atoms with Crippen LogP contribution in [0.2, 0.25) is 0 Å². The van der Waals surface area contributed by atoms with E-state index >= 15 is 0 Å². The Hall–Kier alpha value is -0.660. The number of rotatable bonds is 4. The molecule has 0 aromatic heterocycles. The topological polar surface area (TPSA) is 77.9 Å². The van der Waals surface area contributed by atoms with E-state index in [1.165, 1.54) is 9.21 Å². The summed E-state index contributed by atoms with van der Waals surface area (Å²) in [5.41, 5.74) is 0. The van der Waals surface area contributed by atoms with Crippen molar-refractivity contribution in [3.8, 4) is 0 Å². The Morgan fingerprint density at radius 1 is 1.41 bits per heavy atom. The molecular formula is C10H18N2O4S. The normalized spacial score (nSPS) is 33.5. The average molecular weight is 262 g/mol. The van der Waals surface area contributed by atoms with E-state index in [0.717, 1.165) is 6.42 Å². The van der Waals surface area contributed by atoms with E-state index < -0.39 is 16.0 Å². The molecule has 0 radical (unpaired) electrons. The number of sulfonamides is 1. The minimum Gasteiger partial charge on any atom is -0.480 e. The van der Waals surface area contributed by atoms with Gasteiger partial charge in [-0.15, -0.1) is 0 Å². The molecule has 2 atom stereocenters. The fourth-order valence-electron chi connectivity index (χ4n) is 2.20. The van der Waals surface area contributed by atoms with Crippen LogP contribution in [-0.4, -0.2) is 60.8 Å². The summed E-state index contributed by atoms with van der Waals surface area (Å²) >= 11 is 0. The maximum atomic E-state index is 11.9. The van der Waals surface area contributed by atoms with E-state index in [4.69, 9.17) is 5.11 Å². The van der Waals surface area contributed by atoms with Gasteiger partial charge in [0.05, 0.1) is 6.54 Å². The first-order chi connectivity index (χ1) is 7.88. The van der Waals surface area contributed by atoms with E-state index in [-0.39, 0.29) is 12.4 Å². The third-order valence-electron chi connectivity index (χ3n) is 3.48. The van der Waals surface area contributed by atoms with Crippen LogP contribution in [0.15, 0.2) is 0 Å². The molecule has 7 heteroatoms. The molecule has 2 aliphatic rings. The molecule has 1 aliphatic heterocycles. The zero-order chi connectivity index (χ0) is 12.6. The number of nitrogens with zero attached hydrogens (tertiary/aromatic N) is 2. The summed E-state index contributed by atoms with van der Waals surface area (Å²) in [5.74, 6) is -0.0251. The van der Waals surface area contributed by atoms with Crippen molar-refractivity contribution in [2.75, 3.05) is 32.1 Å². The van der Waals surface area contributed by atoms with Crippen molar-refractivity contribution in [3.63, 3.8) is 0 Å². The smallest absolute Gasteiger partial charge is 0.317 e. The molecule has 98 valence electrons. The molecule has 0 aromatic rings. The highest BCUT2D eigenvalue weighted by atomic mass is 32.2. The summed E-state index contributed by atoms with van der Waals surface area (Å²) in [6.07, 6.45) is 1.10. The molecule has 0 amide bonds. The van der Waals surface area contributed by atoms with Crippen LogP contribution in [0.3, 0.4) is 0 Å². The third kappa shape index (κ3) is 3.17. The van der Waals surface area contributed by atoms with Crippen LogP contribution in [0.25, 0.3) is 0 Å². The first-order valence-corrected chi connectivity index (χ1v) is 7.41. The van der Waals surface area contributed by atoms with Gasteiger partial charge in [-0.25, -0.2) is 8.42 Å². The third-order valence-corrected chi connectivity index (χ3v) is 5.29. The first kappa shape index (κ1) is 12.8. The van der Waals surface area contributed by atoms with Gasteiger partial charge < -0.3 is 5.11 Å². The van der Waals surface area contributed by atoms with Gasteiger partial charge in [-0.05, 0) is 18.3 Å². The van der Waals surface area contributed by atoms with Gasteiger partial charge in [0, 0.05) is 19.6 Å². The van der Waals surface area contributed by atoms with Crippen molar-refractivity contribution in [2.45, 2.75) is 13.3 Å². The second-order valence-corrected chi connectivity index (χ2v) is 6.96. The van der Waals surface area contributed by atoms with Crippen LogP contribution in [0.4, 0.5) is 0 Å². The summed E-state index contributed by atoms with van der Waals surface area (Å²) in [4.78, 5) is 12.0. The average Bonchev–Trinajstić information content (AvgIpc) is 2.85. The van der Waals surface area contributed by atoms with Crippen LogP contribution in [-0.2, 0) is 14.8 Å². The van der Waals surface area contributed by atoms with E-state index in [1.807, 2.05) is 0 Å². The molecule has 1 saturated carbocycles. The van der Waals surface area contributed by atoms with Gasteiger partial charge >= 0.3 is 5.97 Å². The molecule has 1 saturated heterocycles.